The Morgan fingerprint density at radius 2 is 2.00 bits per heavy atom. The summed E-state index contributed by atoms with van der Waals surface area (Å²) in [5.41, 5.74) is 1.64. The van der Waals surface area contributed by atoms with Crippen molar-refractivity contribution < 1.29 is 9.53 Å². The summed E-state index contributed by atoms with van der Waals surface area (Å²) in [5, 5.41) is 0. The van der Waals surface area contributed by atoms with Crippen molar-refractivity contribution in [1.82, 2.24) is 4.98 Å². The summed E-state index contributed by atoms with van der Waals surface area (Å²) >= 11 is 0. The highest BCUT2D eigenvalue weighted by Crippen LogP contribution is 2.13. The van der Waals surface area contributed by atoms with Gasteiger partial charge in [-0.25, -0.2) is 0 Å². The van der Waals surface area contributed by atoms with Crippen LogP contribution in [0.3, 0.4) is 0 Å². The molecule has 0 bridgehead atoms. The predicted molar refractivity (Wildman–Crippen MR) is 61.8 cm³/mol. The number of hydrogen-bond acceptors (Lipinski definition) is 2. The molecular weight excluding hydrogens is 202 g/mol. The average Bonchev–Trinajstić information content (AvgIpc) is 2.82. The molecule has 0 aliphatic carbocycles. The molecule has 82 valence electrons. The number of nitrogens with one attached hydrogen (secondary N) is 1. The minimum atomic E-state index is 0.102. The van der Waals surface area contributed by atoms with E-state index in [0.29, 0.717) is 12.0 Å². The van der Waals surface area contributed by atoms with E-state index in [4.69, 9.17) is 4.74 Å². The number of Topliss-reactive ketones (excluding diaryl/α,β-unsaturated/α-hetero) is 1. The number of hydrogen-bond donors (Lipinski definition) is 1. The van der Waals surface area contributed by atoms with E-state index < -0.39 is 0 Å². The van der Waals surface area contributed by atoms with Gasteiger partial charge < -0.3 is 9.72 Å². The quantitative estimate of drug-likeness (QED) is 0.796. The monoisotopic (exact) mass is 215 g/mol. The molecule has 16 heavy (non-hydrogen) atoms. The molecule has 3 nitrogen and oxygen atoms in total. The van der Waals surface area contributed by atoms with Gasteiger partial charge in [0.2, 0.25) is 0 Å². The summed E-state index contributed by atoms with van der Waals surface area (Å²) in [7, 11) is 1.61. The largest absolute Gasteiger partial charge is 0.497 e. The van der Waals surface area contributed by atoms with Crippen LogP contribution in [0.25, 0.3) is 0 Å². The number of benzene rings is 1. The third-order valence-corrected chi connectivity index (χ3v) is 2.43. The zero-order valence-corrected chi connectivity index (χ0v) is 9.07. The molecule has 0 saturated carbocycles. The second-order valence-corrected chi connectivity index (χ2v) is 3.52. The SMILES string of the molecule is COc1ccc(C(=O)Cc2ccc[nH]2)cc1. The van der Waals surface area contributed by atoms with Gasteiger partial charge in [-0.1, -0.05) is 0 Å². The molecule has 2 rings (SSSR count). The zero-order valence-electron chi connectivity index (χ0n) is 9.07. The van der Waals surface area contributed by atoms with Crippen molar-refractivity contribution in [2.24, 2.45) is 0 Å². The Labute approximate surface area is 94.1 Å². The maximum atomic E-state index is 11.9. The average molecular weight is 215 g/mol. The molecule has 2 aromatic rings. The van der Waals surface area contributed by atoms with Crippen LogP contribution in [0.15, 0.2) is 42.6 Å². The highest BCUT2D eigenvalue weighted by Gasteiger charge is 2.07. The van der Waals surface area contributed by atoms with Gasteiger partial charge >= 0.3 is 0 Å². The van der Waals surface area contributed by atoms with Gasteiger partial charge in [0.15, 0.2) is 5.78 Å². The van der Waals surface area contributed by atoms with Crippen LogP contribution in [0, 0.1) is 0 Å². The molecule has 1 aromatic heterocycles. The Kier molecular flexibility index (Phi) is 3.05. The summed E-state index contributed by atoms with van der Waals surface area (Å²) in [6.07, 6.45) is 2.22. The Balaban J connectivity index is 2.09. The van der Waals surface area contributed by atoms with Crippen molar-refractivity contribution in [2.75, 3.05) is 7.11 Å². The van der Waals surface area contributed by atoms with Crippen molar-refractivity contribution in [3.05, 3.63) is 53.9 Å². The van der Waals surface area contributed by atoms with Gasteiger partial charge in [-0.3, -0.25) is 4.79 Å². The van der Waals surface area contributed by atoms with Crippen LogP contribution in [0.2, 0.25) is 0 Å². The summed E-state index contributed by atoms with van der Waals surface area (Å²) in [4.78, 5) is 14.9. The second-order valence-electron chi connectivity index (χ2n) is 3.52. The summed E-state index contributed by atoms with van der Waals surface area (Å²) in [6.45, 7) is 0. The third kappa shape index (κ3) is 2.31. The lowest BCUT2D eigenvalue weighted by atomic mass is 10.1. The molecule has 0 spiro atoms. The van der Waals surface area contributed by atoms with Crippen LogP contribution in [-0.2, 0) is 6.42 Å². The first-order chi connectivity index (χ1) is 7.79. The van der Waals surface area contributed by atoms with E-state index in [1.807, 2.05) is 18.3 Å². The van der Waals surface area contributed by atoms with Crippen LogP contribution < -0.4 is 4.74 Å². The first kappa shape index (κ1) is 10.5. The number of ether oxygens (including phenoxy) is 1. The molecule has 0 amide bonds. The van der Waals surface area contributed by atoms with Gasteiger partial charge in [0.05, 0.1) is 13.5 Å². The second kappa shape index (κ2) is 4.66. The number of carbonyl (C=O) groups excluding carboxylic acids is 1. The van der Waals surface area contributed by atoms with Crippen molar-refractivity contribution in [2.45, 2.75) is 6.42 Å². The first-order valence-electron chi connectivity index (χ1n) is 5.09. The van der Waals surface area contributed by atoms with E-state index in [0.717, 1.165) is 11.4 Å². The van der Waals surface area contributed by atoms with Gasteiger partial charge in [-0.2, -0.15) is 0 Å². The van der Waals surface area contributed by atoms with Gasteiger partial charge in [0.25, 0.3) is 0 Å². The van der Waals surface area contributed by atoms with E-state index in [1.54, 1.807) is 31.4 Å². The van der Waals surface area contributed by atoms with Gasteiger partial charge in [-0.05, 0) is 36.4 Å². The van der Waals surface area contributed by atoms with E-state index in [-0.39, 0.29) is 5.78 Å². The number of aromatic amines is 1. The summed E-state index contributed by atoms with van der Waals surface area (Å²) in [6, 6.07) is 10.9. The van der Waals surface area contributed by atoms with Gasteiger partial charge in [0.1, 0.15) is 5.75 Å². The molecule has 0 aliphatic heterocycles. The molecule has 0 fully saturated rings. The minimum Gasteiger partial charge on any atom is -0.497 e. The number of aromatic nitrogens is 1. The summed E-state index contributed by atoms with van der Waals surface area (Å²) < 4.78 is 5.04. The Morgan fingerprint density at radius 3 is 2.56 bits per heavy atom. The van der Waals surface area contributed by atoms with Crippen LogP contribution in [0.4, 0.5) is 0 Å². The molecular formula is C13H13NO2. The number of rotatable bonds is 4. The zero-order chi connectivity index (χ0) is 11.4. The van der Waals surface area contributed by atoms with Gasteiger partial charge in [0, 0.05) is 17.5 Å². The lowest BCUT2D eigenvalue weighted by Gasteiger charge is -2.02. The van der Waals surface area contributed by atoms with Crippen molar-refractivity contribution in [3.8, 4) is 5.75 Å². The standard InChI is InChI=1S/C13H13NO2/c1-16-12-6-4-10(5-7-12)13(15)9-11-3-2-8-14-11/h2-8,14H,9H2,1H3. The first-order valence-corrected chi connectivity index (χ1v) is 5.09. The molecule has 1 heterocycles. The normalized spacial score (nSPS) is 10.1. The minimum absolute atomic E-state index is 0.102. The number of H-pyrrole nitrogens is 1. The Hall–Kier alpha value is -2.03. The predicted octanol–water partition coefficient (Wildman–Crippen LogP) is 2.45. The molecule has 0 radical (unpaired) electrons. The number of methoxy groups -OCH3 is 1. The van der Waals surface area contributed by atoms with Crippen LogP contribution in [-0.4, -0.2) is 17.9 Å². The molecule has 0 saturated heterocycles. The molecule has 0 atom stereocenters. The van der Waals surface area contributed by atoms with E-state index >= 15 is 0 Å². The maximum Gasteiger partial charge on any atom is 0.168 e. The van der Waals surface area contributed by atoms with E-state index in [1.165, 1.54) is 0 Å². The van der Waals surface area contributed by atoms with E-state index in [9.17, 15) is 4.79 Å². The molecule has 0 aliphatic rings. The Bertz CT molecular complexity index is 457. The molecule has 0 unspecified atom stereocenters. The van der Waals surface area contributed by atoms with Crippen molar-refractivity contribution >= 4 is 5.78 Å². The van der Waals surface area contributed by atoms with Crippen molar-refractivity contribution in [1.29, 1.82) is 0 Å². The topological polar surface area (TPSA) is 42.1 Å². The fourth-order valence-electron chi connectivity index (χ4n) is 1.53. The van der Waals surface area contributed by atoms with E-state index in [2.05, 4.69) is 4.98 Å². The van der Waals surface area contributed by atoms with Crippen molar-refractivity contribution in [3.63, 3.8) is 0 Å². The smallest absolute Gasteiger partial charge is 0.168 e. The van der Waals surface area contributed by atoms with Crippen LogP contribution in [0.1, 0.15) is 16.1 Å². The highest BCUT2D eigenvalue weighted by molar-refractivity contribution is 5.97. The third-order valence-electron chi connectivity index (χ3n) is 2.43. The molecule has 1 aromatic carbocycles. The van der Waals surface area contributed by atoms with Crippen LogP contribution in [0.5, 0.6) is 5.75 Å². The lowest BCUT2D eigenvalue weighted by Crippen LogP contribution is -2.03. The lowest BCUT2D eigenvalue weighted by molar-refractivity contribution is 0.0992. The van der Waals surface area contributed by atoms with Crippen LogP contribution >= 0.6 is 0 Å². The number of carbonyl (C=O) groups is 1. The Morgan fingerprint density at radius 1 is 1.25 bits per heavy atom. The molecule has 1 N–H and O–H groups in total. The highest BCUT2D eigenvalue weighted by atomic mass is 16.5. The fraction of sp³-hybridized carbons (Fsp3) is 0.154. The van der Waals surface area contributed by atoms with Gasteiger partial charge in [-0.15, -0.1) is 0 Å². The summed E-state index contributed by atoms with van der Waals surface area (Å²) in [5.74, 6) is 0.863. The maximum absolute atomic E-state index is 11.9. The molecule has 3 heteroatoms. The number of ketones is 1. The fourth-order valence-corrected chi connectivity index (χ4v) is 1.53.